The Morgan fingerprint density at radius 3 is 1.57 bits per heavy atom. The Morgan fingerprint density at radius 1 is 0.410 bits per heavy atom. The lowest BCUT2D eigenvalue weighted by atomic mass is 9.89. The van der Waals surface area contributed by atoms with Gasteiger partial charge in [-0.3, -0.25) is 10.8 Å². The van der Waals surface area contributed by atoms with Gasteiger partial charge in [-0.05, 0) is 75.3 Å². The van der Waals surface area contributed by atoms with E-state index in [4.69, 9.17) is 25.5 Å². The third kappa shape index (κ3) is 7.88. The molecule has 8 aromatic carbocycles. The maximum absolute atomic E-state index is 9.94. The Balaban J connectivity index is 1.21. The molecule has 0 saturated carbocycles. The molecule has 0 aliphatic rings. The maximum atomic E-state index is 9.94. The predicted octanol–water partition coefficient (Wildman–Crippen LogP) is 13.4. The number of nitrogens with one attached hydrogen (secondary N) is 2. The predicted molar refractivity (Wildman–Crippen MR) is 246 cm³/mol. The second-order valence-corrected chi connectivity index (χ2v) is 14.4. The van der Waals surface area contributed by atoms with Crippen LogP contribution in [0.25, 0.3) is 78.4 Å². The van der Waals surface area contributed by atoms with Crippen molar-refractivity contribution in [3.8, 4) is 84.5 Å². The molecule has 0 aliphatic heterocycles. The summed E-state index contributed by atoms with van der Waals surface area (Å²) in [5, 5.41) is 27.4. The third-order valence-corrected chi connectivity index (χ3v) is 10.6. The molecule has 2 N–H and O–H groups in total. The van der Waals surface area contributed by atoms with Gasteiger partial charge in [-0.25, -0.2) is 9.97 Å². The minimum absolute atomic E-state index is 0.0879. The number of rotatable bonds is 9. The molecule has 0 atom stereocenters. The zero-order valence-corrected chi connectivity index (χ0v) is 33.0. The number of aromatic nitrogens is 2. The van der Waals surface area contributed by atoms with Crippen molar-refractivity contribution in [2.75, 3.05) is 0 Å². The van der Waals surface area contributed by atoms with Crippen LogP contribution in [-0.2, 0) is 4.74 Å². The lowest BCUT2D eigenvalue weighted by molar-refractivity contribution is 0.538. The molecule has 9 aromatic rings. The van der Waals surface area contributed by atoms with Gasteiger partial charge in [0.05, 0.1) is 23.0 Å². The van der Waals surface area contributed by atoms with E-state index in [-0.39, 0.29) is 11.8 Å². The van der Waals surface area contributed by atoms with Gasteiger partial charge in [0.25, 0.3) is 0 Å². The molecule has 288 valence electrons. The van der Waals surface area contributed by atoms with Gasteiger partial charge in [0.1, 0.15) is 0 Å². The van der Waals surface area contributed by atoms with Gasteiger partial charge in [-0.2, -0.15) is 5.26 Å². The summed E-state index contributed by atoms with van der Waals surface area (Å²) in [5.74, 6) is 0.363. The number of nitriles is 1. The van der Waals surface area contributed by atoms with Gasteiger partial charge in [0.15, 0.2) is 5.82 Å². The molecule has 1 heterocycles. The van der Waals surface area contributed by atoms with E-state index in [2.05, 4.69) is 60.7 Å². The smallest absolute Gasteiger partial charge is 0.221 e. The lowest BCUT2D eigenvalue weighted by Gasteiger charge is -2.19. The Kier molecular flexibility index (Phi) is 10.7. The van der Waals surface area contributed by atoms with E-state index in [0.29, 0.717) is 22.5 Å². The van der Waals surface area contributed by atoms with E-state index in [1.807, 2.05) is 146 Å². The highest BCUT2D eigenvalue weighted by Crippen LogP contribution is 2.43. The van der Waals surface area contributed by atoms with Gasteiger partial charge in [-0.15, -0.1) is 0 Å². The molecule has 0 fully saturated rings. The van der Waals surface area contributed by atoms with Crippen LogP contribution >= 0.6 is 0 Å². The number of benzene rings is 8. The summed E-state index contributed by atoms with van der Waals surface area (Å²) in [6, 6.07) is 71.9. The normalized spacial score (nSPS) is 10.7. The van der Waals surface area contributed by atoms with Crippen LogP contribution in [0, 0.1) is 22.1 Å². The number of nitrogens with zero attached hydrogens (tertiary/aromatic N) is 3. The van der Waals surface area contributed by atoms with Gasteiger partial charge >= 0.3 is 0 Å². The molecule has 0 aliphatic carbocycles. The van der Waals surface area contributed by atoms with Crippen LogP contribution in [0.1, 0.15) is 16.7 Å². The van der Waals surface area contributed by atoms with E-state index >= 15 is 0 Å². The molecule has 6 nitrogen and oxygen atoms in total. The first-order valence-electron chi connectivity index (χ1n) is 19.9. The van der Waals surface area contributed by atoms with Crippen LogP contribution in [0.4, 0.5) is 0 Å². The average molecular weight is 784 g/mol. The first-order valence-corrected chi connectivity index (χ1v) is 19.9. The first-order chi connectivity index (χ1) is 30.1. The summed E-state index contributed by atoms with van der Waals surface area (Å²) in [6.45, 7) is 0. The molecule has 9 rings (SSSR count). The highest BCUT2D eigenvalue weighted by Gasteiger charge is 2.23. The standard InChI is InChI=1S/C55H37N5O/c56-36-44-24-10-11-29-45(44)40-25-17-28-43(35-40)55-59-51(38-20-6-2-7-21-38)50(37-18-4-1-5-19-37)52(60-55)48-32-14-12-30-46(48)41-26-16-27-42(34-41)47-31-13-15-33-49(47)54(58)61-53(57)39-22-8-3-9-23-39/h1-35,57-58H. The Morgan fingerprint density at radius 2 is 0.885 bits per heavy atom. The van der Waals surface area contributed by atoms with Crippen LogP contribution < -0.4 is 0 Å². The van der Waals surface area contributed by atoms with Crippen molar-refractivity contribution in [1.82, 2.24) is 9.97 Å². The van der Waals surface area contributed by atoms with Gasteiger partial charge < -0.3 is 4.74 Å². The van der Waals surface area contributed by atoms with Gasteiger partial charge in [-0.1, -0.05) is 176 Å². The summed E-state index contributed by atoms with van der Waals surface area (Å²) in [7, 11) is 0. The topological polar surface area (TPSA) is 107 Å². The van der Waals surface area contributed by atoms with Crippen LogP contribution in [0.3, 0.4) is 0 Å². The van der Waals surface area contributed by atoms with Crippen LogP contribution in [0.5, 0.6) is 0 Å². The monoisotopic (exact) mass is 783 g/mol. The molecule has 0 radical (unpaired) electrons. The summed E-state index contributed by atoms with van der Waals surface area (Å²) in [5.41, 5.74) is 13.3. The number of ether oxygens (including phenoxy) is 1. The minimum atomic E-state index is -0.107. The van der Waals surface area contributed by atoms with Crippen molar-refractivity contribution in [3.05, 3.63) is 229 Å². The summed E-state index contributed by atoms with van der Waals surface area (Å²) < 4.78 is 5.81. The fraction of sp³-hybridized carbons (Fsp3) is 0. The van der Waals surface area contributed by atoms with Crippen LogP contribution in [0.15, 0.2) is 212 Å². The molecule has 0 unspecified atom stereocenters. The van der Waals surface area contributed by atoms with E-state index in [9.17, 15) is 5.26 Å². The molecule has 61 heavy (non-hydrogen) atoms. The van der Waals surface area contributed by atoms with Crippen molar-refractivity contribution in [2.24, 2.45) is 0 Å². The van der Waals surface area contributed by atoms with Gasteiger partial charge in [0, 0.05) is 33.4 Å². The molecule has 0 saturated heterocycles. The van der Waals surface area contributed by atoms with Crippen molar-refractivity contribution in [2.45, 2.75) is 0 Å². The lowest BCUT2D eigenvalue weighted by Crippen LogP contribution is -2.13. The van der Waals surface area contributed by atoms with E-state index in [1.54, 1.807) is 12.1 Å². The SMILES string of the molecule is N#Cc1ccccc1-c1cccc(-c2nc(-c3ccccc3)c(-c3ccccc3)c(-c3ccccc3-c3cccc(-c4ccccc4C(=N)OC(=N)c4ccccc4)c3)n2)c1. The molecular formula is C55H37N5O. The molecule has 0 bridgehead atoms. The zero-order chi connectivity index (χ0) is 41.5. The largest absolute Gasteiger partial charge is 0.421 e. The Hall–Kier alpha value is -8.53. The van der Waals surface area contributed by atoms with Crippen molar-refractivity contribution in [3.63, 3.8) is 0 Å². The van der Waals surface area contributed by atoms with E-state index in [0.717, 1.165) is 72.6 Å². The van der Waals surface area contributed by atoms with Crippen molar-refractivity contribution in [1.29, 1.82) is 16.1 Å². The first kappa shape index (κ1) is 38.0. The number of hydrogen-bond acceptors (Lipinski definition) is 6. The fourth-order valence-corrected chi connectivity index (χ4v) is 7.66. The molecule has 0 amide bonds. The fourth-order valence-electron chi connectivity index (χ4n) is 7.66. The van der Waals surface area contributed by atoms with Crippen LogP contribution in [-0.4, -0.2) is 21.8 Å². The molecule has 1 aromatic heterocycles. The second kappa shape index (κ2) is 17.1. The quantitative estimate of drug-likeness (QED) is 0.112. The van der Waals surface area contributed by atoms with Crippen molar-refractivity contribution >= 4 is 11.8 Å². The van der Waals surface area contributed by atoms with E-state index < -0.39 is 0 Å². The van der Waals surface area contributed by atoms with Crippen molar-refractivity contribution < 1.29 is 4.74 Å². The maximum Gasteiger partial charge on any atom is 0.221 e. The summed E-state index contributed by atoms with van der Waals surface area (Å²) in [4.78, 5) is 10.8. The Labute approximate surface area is 354 Å². The molecule has 0 spiro atoms. The minimum Gasteiger partial charge on any atom is -0.421 e. The average Bonchev–Trinajstić information content (AvgIpc) is 3.34. The number of hydrogen-bond donors (Lipinski definition) is 2. The zero-order valence-electron chi connectivity index (χ0n) is 33.0. The summed E-state index contributed by atoms with van der Waals surface area (Å²) >= 11 is 0. The van der Waals surface area contributed by atoms with Crippen LogP contribution in [0.2, 0.25) is 0 Å². The van der Waals surface area contributed by atoms with Gasteiger partial charge in [0.2, 0.25) is 11.8 Å². The third-order valence-electron chi connectivity index (χ3n) is 10.6. The molecular weight excluding hydrogens is 747 g/mol. The van der Waals surface area contributed by atoms with E-state index in [1.165, 1.54) is 0 Å². The highest BCUT2D eigenvalue weighted by molar-refractivity contribution is 6.08. The highest BCUT2D eigenvalue weighted by atomic mass is 16.5. The molecule has 6 heteroatoms. The summed E-state index contributed by atoms with van der Waals surface area (Å²) in [6.07, 6.45) is 0. The second-order valence-electron chi connectivity index (χ2n) is 14.4. The Bertz CT molecular complexity index is 3100.